The first-order valence-corrected chi connectivity index (χ1v) is 3.65. The van der Waals surface area contributed by atoms with E-state index in [2.05, 4.69) is 5.48 Å². The first kappa shape index (κ1) is 11.2. The van der Waals surface area contributed by atoms with Gasteiger partial charge in [-0.15, -0.1) is 0 Å². The smallest absolute Gasteiger partial charge is 0.141 e. The highest BCUT2D eigenvalue weighted by Crippen LogP contribution is 1.91. The number of nitrogens with one attached hydrogen (secondary N) is 1. The van der Waals surface area contributed by atoms with Gasteiger partial charge in [-0.05, 0) is 6.92 Å². The van der Waals surface area contributed by atoms with Crippen LogP contribution in [0.5, 0.6) is 0 Å². The fourth-order valence-electron chi connectivity index (χ4n) is 0.495. The Labute approximate surface area is 70.7 Å². The summed E-state index contributed by atoms with van der Waals surface area (Å²) in [4.78, 5) is 25.0. The summed E-state index contributed by atoms with van der Waals surface area (Å²) in [6, 6.07) is -0.723. The van der Waals surface area contributed by atoms with E-state index in [9.17, 15) is 9.59 Å². The molecule has 0 bridgehead atoms. The van der Waals surface area contributed by atoms with Gasteiger partial charge in [-0.1, -0.05) is 0 Å². The number of carbonyl (C=O) groups is 2. The maximum atomic E-state index is 10.1. The lowest BCUT2D eigenvalue weighted by atomic mass is 10.3. The zero-order valence-electron chi connectivity index (χ0n) is 6.90. The first-order valence-electron chi connectivity index (χ1n) is 3.65. The van der Waals surface area contributed by atoms with Gasteiger partial charge in [0.15, 0.2) is 0 Å². The molecule has 1 unspecified atom stereocenters. The van der Waals surface area contributed by atoms with E-state index in [1.807, 2.05) is 0 Å². The molecule has 0 fully saturated rings. The molecule has 12 heavy (non-hydrogen) atoms. The molecule has 2 N–H and O–H groups in total. The monoisotopic (exact) mass is 175 g/mol. The number of carbonyl (C=O) groups excluding carboxylic acids is 2. The average molecular weight is 175 g/mol. The Morgan fingerprint density at radius 2 is 2.25 bits per heavy atom. The molecular weight excluding hydrogens is 162 g/mol. The third-order valence-electron chi connectivity index (χ3n) is 1.21. The SMILES string of the molecule is CC(CC=O)ON[C@H](C=O)CO. The highest BCUT2D eigenvalue weighted by atomic mass is 16.7. The Morgan fingerprint density at radius 1 is 1.58 bits per heavy atom. The van der Waals surface area contributed by atoms with Crippen LogP contribution in [0.4, 0.5) is 0 Å². The van der Waals surface area contributed by atoms with Crippen LogP contribution in [0.2, 0.25) is 0 Å². The van der Waals surface area contributed by atoms with Gasteiger partial charge < -0.3 is 14.7 Å². The lowest BCUT2D eigenvalue weighted by molar-refractivity contribution is -0.119. The van der Waals surface area contributed by atoms with Crippen molar-refractivity contribution < 1.29 is 19.5 Å². The van der Waals surface area contributed by atoms with Crippen LogP contribution >= 0.6 is 0 Å². The fourth-order valence-corrected chi connectivity index (χ4v) is 0.495. The maximum Gasteiger partial charge on any atom is 0.141 e. The molecule has 0 aromatic rings. The van der Waals surface area contributed by atoms with Gasteiger partial charge >= 0.3 is 0 Å². The summed E-state index contributed by atoms with van der Waals surface area (Å²) in [5, 5.41) is 8.53. The van der Waals surface area contributed by atoms with Crippen molar-refractivity contribution >= 4 is 12.6 Å². The Balaban J connectivity index is 3.50. The normalized spacial score (nSPS) is 15.2. The average Bonchev–Trinajstić information content (AvgIpc) is 2.07. The molecule has 0 heterocycles. The fraction of sp³-hybridized carbons (Fsp3) is 0.714. The molecule has 0 aliphatic rings. The van der Waals surface area contributed by atoms with E-state index in [1.54, 1.807) is 6.92 Å². The minimum Gasteiger partial charge on any atom is -0.394 e. The van der Waals surface area contributed by atoms with Crippen LogP contribution < -0.4 is 5.48 Å². The van der Waals surface area contributed by atoms with Crippen LogP contribution in [0.1, 0.15) is 13.3 Å². The van der Waals surface area contributed by atoms with Crippen molar-refractivity contribution in [3.05, 3.63) is 0 Å². The number of rotatable bonds is 7. The second-order valence-corrected chi connectivity index (χ2v) is 2.37. The van der Waals surface area contributed by atoms with Crippen LogP contribution in [-0.4, -0.2) is 36.4 Å². The minimum atomic E-state index is -0.723. The molecule has 0 aliphatic heterocycles. The molecule has 0 saturated heterocycles. The number of aliphatic hydroxyl groups excluding tert-OH is 1. The molecule has 0 saturated carbocycles. The molecule has 0 amide bonds. The maximum absolute atomic E-state index is 10.1. The van der Waals surface area contributed by atoms with Crippen molar-refractivity contribution in [1.29, 1.82) is 0 Å². The van der Waals surface area contributed by atoms with E-state index < -0.39 is 6.04 Å². The van der Waals surface area contributed by atoms with Gasteiger partial charge in [-0.25, -0.2) is 0 Å². The lowest BCUT2D eigenvalue weighted by Gasteiger charge is -2.13. The van der Waals surface area contributed by atoms with Crippen LogP contribution in [0.25, 0.3) is 0 Å². The van der Waals surface area contributed by atoms with Gasteiger partial charge in [0.25, 0.3) is 0 Å². The Hall–Kier alpha value is -0.780. The number of hydroxylamine groups is 1. The molecule has 0 spiro atoms. The van der Waals surface area contributed by atoms with E-state index in [1.165, 1.54) is 0 Å². The molecule has 0 aliphatic carbocycles. The molecule has 2 atom stereocenters. The molecule has 70 valence electrons. The van der Waals surface area contributed by atoms with E-state index >= 15 is 0 Å². The van der Waals surface area contributed by atoms with Crippen molar-refractivity contribution in [1.82, 2.24) is 5.48 Å². The zero-order chi connectivity index (χ0) is 9.40. The van der Waals surface area contributed by atoms with Crippen molar-refractivity contribution in [2.75, 3.05) is 6.61 Å². The quantitative estimate of drug-likeness (QED) is 0.385. The van der Waals surface area contributed by atoms with Gasteiger partial charge in [0.05, 0.1) is 12.7 Å². The second kappa shape index (κ2) is 6.90. The van der Waals surface area contributed by atoms with E-state index in [0.717, 1.165) is 6.29 Å². The topological polar surface area (TPSA) is 75.6 Å². The summed E-state index contributed by atoms with van der Waals surface area (Å²) in [7, 11) is 0. The molecule has 0 rings (SSSR count). The summed E-state index contributed by atoms with van der Waals surface area (Å²) in [6.07, 6.45) is 1.22. The summed E-state index contributed by atoms with van der Waals surface area (Å²) < 4.78 is 0. The highest BCUT2D eigenvalue weighted by molar-refractivity contribution is 5.57. The summed E-state index contributed by atoms with van der Waals surface area (Å²) in [5.74, 6) is 0. The summed E-state index contributed by atoms with van der Waals surface area (Å²) in [5.41, 5.74) is 2.33. The molecule has 0 aromatic heterocycles. The van der Waals surface area contributed by atoms with Crippen molar-refractivity contribution in [2.45, 2.75) is 25.5 Å². The van der Waals surface area contributed by atoms with E-state index in [-0.39, 0.29) is 19.1 Å². The molecule has 5 nitrogen and oxygen atoms in total. The van der Waals surface area contributed by atoms with Crippen LogP contribution in [0.15, 0.2) is 0 Å². The third kappa shape index (κ3) is 4.95. The summed E-state index contributed by atoms with van der Waals surface area (Å²) in [6.45, 7) is 1.36. The number of hydrogen-bond acceptors (Lipinski definition) is 5. The molecule has 0 aromatic carbocycles. The van der Waals surface area contributed by atoms with Crippen molar-refractivity contribution in [3.8, 4) is 0 Å². The minimum absolute atomic E-state index is 0.254. The first-order chi connectivity index (χ1) is 5.74. The summed E-state index contributed by atoms with van der Waals surface area (Å²) >= 11 is 0. The number of aldehydes is 2. The molecular formula is C7H13NO4. The van der Waals surface area contributed by atoms with Gasteiger partial charge in [-0.3, -0.25) is 4.84 Å². The van der Waals surface area contributed by atoms with Gasteiger partial charge in [0.2, 0.25) is 0 Å². The largest absolute Gasteiger partial charge is 0.394 e. The zero-order valence-corrected chi connectivity index (χ0v) is 6.90. The lowest BCUT2D eigenvalue weighted by Crippen LogP contribution is -2.36. The van der Waals surface area contributed by atoms with Crippen LogP contribution in [-0.2, 0) is 14.4 Å². The van der Waals surface area contributed by atoms with E-state index in [0.29, 0.717) is 6.29 Å². The van der Waals surface area contributed by atoms with Gasteiger partial charge in [0, 0.05) is 6.42 Å². The van der Waals surface area contributed by atoms with Crippen LogP contribution in [0.3, 0.4) is 0 Å². The van der Waals surface area contributed by atoms with E-state index in [4.69, 9.17) is 9.94 Å². The standard InChI is InChI=1S/C7H13NO4/c1-6(2-3-9)12-8-7(4-10)5-11/h3-4,6-8,11H,2,5H2,1H3/t6?,7-/m1/s1. The van der Waals surface area contributed by atoms with Crippen LogP contribution in [0, 0.1) is 0 Å². The highest BCUT2D eigenvalue weighted by Gasteiger charge is 2.07. The van der Waals surface area contributed by atoms with Gasteiger partial charge in [-0.2, -0.15) is 5.48 Å². The Kier molecular flexibility index (Phi) is 6.45. The molecule has 5 heteroatoms. The van der Waals surface area contributed by atoms with Crippen molar-refractivity contribution in [2.24, 2.45) is 0 Å². The van der Waals surface area contributed by atoms with Crippen molar-refractivity contribution in [3.63, 3.8) is 0 Å². The molecule has 0 radical (unpaired) electrons. The Morgan fingerprint density at radius 3 is 2.67 bits per heavy atom. The Bertz CT molecular complexity index is 139. The van der Waals surface area contributed by atoms with Gasteiger partial charge in [0.1, 0.15) is 18.6 Å². The number of hydrogen-bond donors (Lipinski definition) is 2. The number of aliphatic hydroxyl groups is 1. The second-order valence-electron chi connectivity index (χ2n) is 2.37. The predicted molar refractivity (Wildman–Crippen MR) is 41.3 cm³/mol. The third-order valence-corrected chi connectivity index (χ3v) is 1.21. The predicted octanol–water partition coefficient (Wildman–Crippen LogP) is -0.955.